The maximum absolute atomic E-state index is 11.8. The number of carbonyl (C=O) groups is 2. The minimum atomic E-state index is -0.414. The number of methoxy groups -OCH3 is 2. The summed E-state index contributed by atoms with van der Waals surface area (Å²) >= 11 is 0. The molecule has 0 saturated heterocycles. The summed E-state index contributed by atoms with van der Waals surface area (Å²) in [5.74, 6) is -1.91. The number of ether oxygens (including phenoxy) is 3. The van der Waals surface area contributed by atoms with Gasteiger partial charge in [-0.05, 0) is 13.8 Å². The number of phenolic OH excluding ortho intramolecular Hbond substituents is 4. The van der Waals surface area contributed by atoms with E-state index in [9.17, 15) is 30.0 Å². The van der Waals surface area contributed by atoms with Crippen LogP contribution in [0.15, 0.2) is 12.1 Å². The molecule has 0 atom stereocenters. The number of Topliss-reactive ketones (excluding diaryl/α,β-unsaturated/α-hetero) is 2. The fourth-order valence-electron chi connectivity index (χ4n) is 3.29. The average Bonchev–Trinajstić information content (AvgIpc) is 2.69. The molecule has 0 spiro atoms. The number of rotatable bonds is 10. The highest BCUT2D eigenvalue weighted by Crippen LogP contribution is 2.39. The Kier molecular flexibility index (Phi) is 7.71. The van der Waals surface area contributed by atoms with Gasteiger partial charge in [-0.25, -0.2) is 0 Å². The number of phenols is 4. The first-order valence-corrected chi connectivity index (χ1v) is 9.47. The fraction of sp³-hybridized carbons (Fsp3) is 0.364. The minimum Gasteiger partial charge on any atom is -0.507 e. The van der Waals surface area contributed by atoms with Crippen LogP contribution in [0, 0.1) is 0 Å². The molecule has 0 fully saturated rings. The normalized spacial score (nSPS) is 10.7. The van der Waals surface area contributed by atoms with Crippen molar-refractivity contribution in [3.05, 3.63) is 34.4 Å². The second-order valence-electron chi connectivity index (χ2n) is 6.82. The molecule has 168 valence electrons. The van der Waals surface area contributed by atoms with E-state index in [-0.39, 0.29) is 82.8 Å². The van der Waals surface area contributed by atoms with Crippen LogP contribution in [0.25, 0.3) is 0 Å². The summed E-state index contributed by atoms with van der Waals surface area (Å²) in [4.78, 5) is 23.6. The first-order chi connectivity index (χ1) is 14.6. The van der Waals surface area contributed by atoms with Crippen LogP contribution in [-0.4, -0.2) is 59.4 Å². The van der Waals surface area contributed by atoms with Crippen molar-refractivity contribution >= 4 is 11.6 Å². The number of carbonyl (C=O) groups excluding carboxylic acids is 2. The fourth-order valence-corrected chi connectivity index (χ4v) is 3.29. The molecule has 31 heavy (non-hydrogen) atoms. The van der Waals surface area contributed by atoms with Gasteiger partial charge in [-0.3, -0.25) is 9.59 Å². The molecule has 0 aliphatic rings. The van der Waals surface area contributed by atoms with Gasteiger partial charge in [0, 0.05) is 36.1 Å². The highest BCUT2D eigenvalue weighted by atomic mass is 16.5. The van der Waals surface area contributed by atoms with Crippen molar-refractivity contribution in [2.24, 2.45) is 0 Å². The second-order valence-corrected chi connectivity index (χ2v) is 6.82. The largest absolute Gasteiger partial charge is 0.507 e. The van der Waals surface area contributed by atoms with Crippen molar-refractivity contribution in [1.82, 2.24) is 0 Å². The Labute approximate surface area is 179 Å². The summed E-state index contributed by atoms with van der Waals surface area (Å²) in [5, 5.41) is 41.0. The van der Waals surface area contributed by atoms with Gasteiger partial charge in [-0.1, -0.05) is 0 Å². The Morgan fingerprint density at radius 3 is 1.39 bits per heavy atom. The van der Waals surface area contributed by atoms with Crippen LogP contribution < -0.4 is 9.47 Å². The van der Waals surface area contributed by atoms with Crippen molar-refractivity contribution in [2.45, 2.75) is 26.7 Å². The molecule has 0 unspecified atom stereocenters. The zero-order valence-electron chi connectivity index (χ0n) is 17.8. The van der Waals surface area contributed by atoms with Gasteiger partial charge < -0.3 is 34.6 Å². The van der Waals surface area contributed by atoms with Crippen molar-refractivity contribution in [1.29, 1.82) is 0 Å². The molecule has 0 aromatic heterocycles. The SMILES string of the molecule is COc1cc(O)c(CCOCCc2c(O)cc(OC)c(C(C)=O)c2O)c(O)c1C(C)=O. The Hall–Kier alpha value is -3.46. The van der Waals surface area contributed by atoms with Gasteiger partial charge in [0.15, 0.2) is 11.6 Å². The molecule has 4 N–H and O–H groups in total. The molecular weight excluding hydrogens is 408 g/mol. The molecule has 0 radical (unpaired) electrons. The first-order valence-electron chi connectivity index (χ1n) is 9.47. The van der Waals surface area contributed by atoms with Crippen molar-refractivity contribution in [3.63, 3.8) is 0 Å². The predicted molar refractivity (Wildman–Crippen MR) is 111 cm³/mol. The summed E-state index contributed by atoms with van der Waals surface area (Å²) < 4.78 is 15.6. The number of benzene rings is 2. The van der Waals surface area contributed by atoms with Gasteiger partial charge in [-0.2, -0.15) is 0 Å². The van der Waals surface area contributed by atoms with E-state index in [2.05, 4.69) is 0 Å². The summed E-state index contributed by atoms with van der Waals surface area (Å²) in [6, 6.07) is 2.50. The van der Waals surface area contributed by atoms with Gasteiger partial charge in [0.2, 0.25) is 0 Å². The van der Waals surface area contributed by atoms with Crippen LogP contribution in [0.4, 0.5) is 0 Å². The molecule has 0 bridgehead atoms. The smallest absolute Gasteiger partial charge is 0.167 e. The molecule has 0 amide bonds. The van der Waals surface area contributed by atoms with Gasteiger partial charge in [0.05, 0.1) is 27.4 Å². The maximum Gasteiger partial charge on any atom is 0.167 e. The van der Waals surface area contributed by atoms with E-state index in [0.717, 1.165) is 0 Å². The van der Waals surface area contributed by atoms with E-state index in [4.69, 9.17) is 14.2 Å². The highest BCUT2D eigenvalue weighted by molar-refractivity contribution is 6.01. The Bertz CT molecular complexity index is 916. The van der Waals surface area contributed by atoms with E-state index in [1.54, 1.807) is 0 Å². The molecular formula is C22H26O9. The third-order valence-electron chi connectivity index (χ3n) is 4.83. The lowest BCUT2D eigenvalue weighted by Gasteiger charge is -2.15. The Morgan fingerprint density at radius 2 is 1.10 bits per heavy atom. The highest BCUT2D eigenvalue weighted by Gasteiger charge is 2.22. The van der Waals surface area contributed by atoms with Crippen LogP contribution >= 0.6 is 0 Å². The van der Waals surface area contributed by atoms with E-state index in [0.29, 0.717) is 0 Å². The molecule has 2 aromatic carbocycles. The lowest BCUT2D eigenvalue weighted by atomic mass is 10.0. The third kappa shape index (κ3) is 5.00. The summed E-state index contributed by atoms with van der Waals surface area (Å²) in [6.45, 7) is 2.69. The van der Waals surface area contributed by atoms with Crippen LogP contribution in [0.1, 0.15) is 45.7 Å². The quantitative estimate of drug-likeness (QED) is 0.328. The van der Waals surface area contributed by atoms with Gasteiger partial charge in [0.1, 0.15) is 45.6 Å². The van der Waals surface area contributed by atoms with Gasteiger partial charge in [0.25, 0.3) is 0 Å². The molecule has 0 aliphatic heterocycles. The van der Waals surface area contributed by atoms with Crippen LogP contribution in [-0.2, 0) is 17.6 Å². The molecule has 0 saturated carbocycles. The molecule has 2 rings (SSSR count). The third-order valence-corrected chi connectivity index (χ3v) is 4.83. The van der Waals surface area contributed by atoms with Crippen molar-refractivity contribution in [3.8, 4) is 34.5 Å². The zero-order chi connectivity index (χ0) is 23.3. The van der Waals surface area contributed by atoms with E-state index < -0.39 is 11.6 Å². The molecule has 0 aliphatic carbocycles. The van der Waals surface area contributed by atoms with E-state index in [1.165, 1.54) is 40.2 Å². The number of aromatic hydroxyl groups is 4. The van der Waals surface area contributed by atoms with E-state index >= 15 is 0 Å². The number of ketones is 2. The Balaban J connectivity index is 2.09. The maximum atomic E-state index is 11.8. The number of hydrogen-bond acceptors (Lipinski definition) is 9. The lowest BCUT2D eigenvalue weighted by molar-refractivity contribution is 0.0998. The minimum absolute atomic E-state index is 0.0276. The monoisotopic (exact) mass is 434 g/mol. The summed E-state index contributed by atoms with van der Waals surface area (Å²) in [6.07, 6.45) is 0.197. The van der Waals surface area contributed by atoms with Crippen LogP contribution in [0.2, 0.25) is 0 Å². The predicted octanol–water partition coefficient (Wildman–Crippen LogP) is 2.73. The topological polar surface area (TPSA) is 143 Å². The molecule has 9 heteroatoms. The van der Waals surface area contributed by atoms with Crippen molar-refractivity contribution < 1.29 is 44.2 Å². The lowest BCUT2D eigenvalue weighted by Crippen LogP contribution is -2.07. The van der Waals surface area contributed by atoms with Crippen LogP contribution in [0.3, 0.4) is 0 Å². The second kappa shape index (κ2) is 10.0. The molecule has 9 nitrogen and oxygen atoms in total. The number of hydrogen-bond donors (Lipinski definition) is 4. The summed E-state index contributed by atoms with van der Waals surface area (Å²) in [5.41, 5.74) is 0.222. The Morgan fingerprint density at radius 1 is 0.742 bits per heavy atom. The van der Waals surface area contributed by atoms with Gasteiger partial charge >= 0.3 is 0 Å². The summed E-state index contributed by atoms with van der Waals surface area (Å²) in [7, 11) is 2.65. The van der Waals surface area contributed by atoms with E-state index in [1.807, 2.05) is 0 Å². The average molecular weight is 434 g/mol. The van der Waals surface area contributed by atoms with Crippen LogP contribution in [0.5, 0.6) is 34.5 Å². The molecule has 0 heterocycles. The van der Waals surface area contributed by atoms with Gasteiger partial charge in [-0.15, -0.1) is 0 Å². The molecule has 2 aromatic rings. The van der Waals surface area contributed by atoms with Crippen molar-refractivity contribution in [2.75, 3.05) is 27.4 Å². The standard InChI is InChI=1S/C22H26O9/c1-11(23)19-17(29-3)9-15(25)13(21(19)27)5-7-31-8-6-14-16(26)10-18(30-4)20(12(2)24)22(14)28/h9-10,25-28H,5-8H2,1-4H3. The zero-order valence-corrected chi connectivity index (χ0v) is 17.8. The first kappa shape index (κ1) is 23.8.